The molecule has 0 aliphatic carbocycles. The molecule has 0 atom stereocenters. The van der Waals surface area contributed by atoms with Crippen LogP contribution in [0.5, 0.6) is 0 Å². The van der Waals surface area contributed by atoms with Crippen LogP contribution in [0.15, 0.2) is 52.8 Å². The maximum atomic E-state index is 12.0. The molecular formula is C15H11Cl2N3O2. The number of carbonyl (C=O) groups excluding carboxylic acids is 1. The Labute approximate surface area is 137 Å². The lowest BCUT2D eigenvalue weighted by molar-refractivity contribution is -0.112. The minimum atomic E-state index is -0.585. The monoisotopic (exact) mass is 335 g/mol. The number of nitrogens with one attached hydrogen (secondary N) is 2. The number of halogens is 2. The fourth-order valence-corrected chi connectivity index (χ4v) is 1.95. The van der Waals surface area contributed by atoms with Gasteiger partial charge < -0.3 is 15.1 Å². The van der Waals surface area contributed by atoms with E-state index in [0.717, 1.165) is 0 Å². The van der Waals surface area contributed by atoms with Gasteiger partial charge in [-0.15, -0.1) is 0 Å². The number of amides is 1. The minimum absolute atomic E-state index is 0.0948. The molecule has 1 aromatic heterocycles. The lowest BCUT2D eigenvalue weighted by atomic mass is 10.2. The lowest BCUT2D eigenvalue weighted by Crippen LogP contribution is -2.16. The summed E-state index contributed by atoms with van der Waals surface area (Å²) in [5.74, 6) is 0.102. The van der Waals surface area contributed by atoms with E-state index in [1.807, 2.05) is 6.07 Å². The zero-order valence-corrected chi connectivity index (χ0v) is 12.8. The highest BCUT2D eigenvalue weighted by Gasteiger charge is 2.12. The molecule has 0 aliphatic rings. The van der Waals surface area contributed by atoms with E-state index < -0.39 is 5.91 Å². The third kappa shape index (κ3) is 4.04. The average Bonchev–Trinajstić information content (AvgIpc) is 3.01. The molecule has 0 bridgehead atoms. The van der Waals surface area contributed by atoms with Crippen LogP contribution < -0.4 is 10.6 Å². The van der Waals surface area contributed by atoms with Crippen molar-refractivity contribution in [3.05, 3.63) is 64.2 Å². The molecule has 0 saturated heterocycles. The number of nitrogens with zero attached hydrogens (tertiary/aromatic N) is 1. The van der Waals surface area contributed by atoms with Crippen molar-refractivity contribution >= 4 is 34.8 Å². The molecule has 22 heavy (non-hydrogen) atoms. The van der Waals surface area contributed by atoms with Crippen LogP contribution in [-0.4, -0.2) is 5.91 Å². The van der Waals surface area contributed by atoms with E-state index in [2.05, 4.69) is 10.6 Å². The van der Waals surface area contributed by atoms with Crippen LogP contribution >= 0.6 is 23.2 Å². The molecule has 0 fully saturated rings. The number of hydrogen-bond donors (Lipinski definition) is 2. The number of anilines is 1. The number of rotatable bonds is 5. The summed E-state index contributed by atoms with van der Waals surface area (Å²) < 4.78 is 5.13. The maximum absolute atomic E-state index is 12.0. The molecule has 112 valence electrons. The van der Waals surface area contributed by atoms with E-state index in [9.17, 15) is 4.79 Å². The Hall–Kier alpha value is -2.42. The smallest absolute Gasteiger partial charge is 0.267 e. The third-order valence-corrected chi connectivity index (χ3v) is 3.49. The summed E-state index contributed by atoms with van der Waals surface area (Å²) in [5.41, 5.74) is 0.244. The van der Waals surface area contributed by atoms with Gasteiger partial charge in [0, 0.05) is 6.20 Å². The summed E-state index contributed by atoms with van der Waals surface area (Å²) in [6, 6.07) is 10.2. The van der Waals surface area contributed by atoms with Gasteiger partial charge in [0.15, 0.2) is 0 Å². The molecule has 1 amide bonds. The van der Waals surface area contributed by atoms with E-state index >= 15 is 0 Å². The largest absolute Gasteiger partial charge is 0.467 e. The number of carbonyl (C=O) groups is 1. The van der Waals surface area contributed by atoms with Crippen molar-refractivity contribution in [3.8, 4) is 6.07 Å². The van der Waals surface area contributed by atoms with Crippen LogP contribution in [0.1, 0.15) is 5.76 Å². The van der Waals surface area contributed by atoms with Crippen molar-refractivity contribution in [2.45, 2.75) is 6.54 Å². The predicted octanol–water partition coefficient (Wildman–Crippen LogP) is 3.72. The Morgan fingerprint density at radius 2 is 2.14 bits per heavy atom. The molecule has 2 rings (SSSR count). The van der Waals surface area contributed by atoms with E-state index in [1.54, 1.807) is 36.6 Å². The standard InChI is InChI=1S/C15H11Cl2N3O2/c16-12-4-1-5-13(14(12)17)20-15(21)10(7-18)8-19-9-11-3-2-6-22-11/h1-6,8,19H,9H2,(H,20,21)/b10-8-. The Balaban J connectivity index is 2.02. The summed E-state index contributed by atoms with van der Waals surface area (Å²) in [6.45, 7) is 0.364. The van der Waals surface area contributed by atoms with Gasteiger partial charge in [-0.25, -0.2) is 0 Å². The van der Waals surface area contributed by atoms with Gasteiger partial charge in [-0.3, -0.25) is 4.79 Å². The second kappa shape index (κ2) is 7.55. The van der Waals surface area contributed by atoms with Crippen LogP contribution in [0.25, 0.3) is 0 Å². The Kier molecular flexibility index (Phi) is 5.48. The highest BCUT2D eigenvalue weighted by atomic mass is 35.5. The zero-order valence-electron chi connectivity index (χ0n) is 11.3. The van der Waals surface area contributed by atoms with Crippen molar-refractivity contribution in [2.24, 2.45) is 0 Å². The molecule has 7 heteroatoms. The van der Waals surface area contributed by atoms with E-state index in [-0.39, 0.29) is 10.6 Å². The first kappa shape index (κ1) is 16.0. The van der Waals surface area contributed by atoms with Crippen LogP contribution in [-0.2, 0) is 11.3 Å². The molecule has 0 saturated carbocycles. The molecule has 2 aromatic rings. The van der Waals surface area contributed by atoms with Gasteiger partial charge in [0.25, 0.3) is 5.91 Å². The summed E-state index contributed by atoms with van der Waals surface area (Å²) in [7, 11) is 0. The van der Waals surface area contributed by atoms with Gasteiger partial charge in [0.05, 0.1) is 28.5 Å². The summed E-state index contributed by atoms with van der Waals surface area (Å²) in [4.78, 5) is 12.0. The SMILES string of the molecule is N#C/C(=C/NCc1ccco1)C(=O)Nc1cccc(Cl)c1Cl. The average molecular weight is 336 g/mol. The molecule has 2 N–H and O–H groups in total. The number of hydrogen-bond acceptors (Lipinski definition) is 4. The van der Waals surface area contributed by atoms with Crippen LogP contribution in [0.2, 0.25) is 10.0 Å². The van der Waals surface area contributed by atoms with Gasteiger partial charge in [-0.1, -0.05) is 29.3 Å². The van der Waals surface area contributed by atoms with E-state index in [0.29, 0.717) is 23.0 Å². The van der Waals surface area contributed by atoms with Gasteiger partial charge in [-0.2, -0.15) is 5.26 Å². The highest BCUT2D eigenvalue weighted by Crippen LogP contribution is 2.29. The molecule has 1 aromatic carbocycles. The second-order valence-corrected chi connectivity index (χ2v) is 4.97. The molecule has 1 heterocycles. The first-order valence-electron chi connectivity index (χ1n) is 6.23. The number of benzene rings is 1. The van der Waals surface area contributed by atoms with E-state index in [4.69, 9.17) is 32.9 Å². The number of nitriles is 1. The minimum Gasteiger partial charge on any atom is -0.467 e. The lowest BCUT2D eigenvalue weighted by Gasteiger charge is -2.07. The molecule has 0 unspecified atom stereocenters. The fraction of sp³-hybridized carbons (Fsp3) is 0.0667. The summed E-state index contributed by atoms with van der Waals surface area (Å²) in [6.07, 6.45) is 2.86. The van der Waals surface area contributed by atoms with Crippen molar-refractivity contribution in [1.29, 1.82) is 5.26 Å². The predicted molar refractivity (Wildman–Crippen MR) is 84.3 cm³/mol. The molecular weight excluding hydrogens is 325 g/mol. The maximum Gasteiger partial charge on any atom is 0.267 e. The fourth-order valence-electron chi connectivity index (χ4n) is 1.61. The molecule has 0 aliphatic heterocycles. The Bertz CT molecular complexity index is 734. The van der Waals surface area contributed by atoms with Crippen molar-refractivity contribution < 1.29 is 9.21 Å². The first-order chi connectivity index (χ1) is 10.6. The van der Waals surface area contributed by atoms with Gasteiger partial charge in [0.2, 0.25) is 0 Å². The summed E-state index contributed by atoms with van der Waals surface area (Å²) >= 11 is 11.8. The first-order valence-corrected chi connectivity index (χ1v) is 6.99. The van der Waals surface area contributed by atoms with Crippen molar-refractivity contribution in [2.75, 3.05) is 5.32 Å². The molecule has 0 radical (unpaired) electrons. The highest BCUT2D eigenvalue weighted by molar-refractivity contribution is 6.44. The van der Waals surface area contributed by atoms with Crippen molar-refractivity contribution in [3.63, 3.8) is 0 Å². The van der Waals surface area contributed by atoms with Gasteiger partial charge in [0.1, 0.15) is 17.4 Å². The van der Waals surface area contributed by atoms with Crippen LogP contribution in [0.3, 0.4) is 0 Å². The van der Waals surface area contributed by atoms with Crippen molar-refractivity contribution in [1.82, 2.24) is 5.32 Å². The van der Waals surface area contributed by atoms with E-state index in [1.165, 1.54) is 6.20 Å². The molecule has 5 nitrogen and oxygen atoms in total. The van der Waals surface area contributed by atoms with Crippen LogP contribution in [0.4, 0.5) is 5.69 Å². The zero-order chi connectivity index (χ0) is 15.9. The van der Waals surface area contributed by atoms with Gasteiger partial charge >= 0.3 is 0 Å². The van der Waals surface area contributed by atoms with Crippen LogP contribution in [0, 0.1) is 11.3 Å². The number of furan rings is 1. The summed E-state index contributed by atoms with van der Waals surface area (Å²) in [5, 5.41) is 15.0. The topological polar surface area (TPSA) is 78.1 Å². The Morgan fingerprint density at radius 3 is 2.82 bits per heavy atom. The normalized spacial score (nSPS) is 10.9. The third-order valence-electron chi connectivity index (χ3n) is 2.67. The second-order valence-electron chi connectivity index (χ2n) is 4.19. The molecule has 0 spiro atoms. The quantitative estimate of drug-likeness (QED) is 0.644. The Morgan fingerprint density at radius 1 is 1.32 bits per heavy atom. The van der Waals surface area contributed by atoms with Gasteiger partial charge in [-0.05, 0) is 24.3 Å².